The van der Waals surface area contributed by atoms with Crippen LogP contribution in [0.2, 0.25) is 0 Å². The Bertz CT molecular complexity index is 1110. The Morgan fingerprint density at radius 3 is 2.03 bits per heavy atom. The molecule has 3 aromatic carbocycles. The van der Waals surface area contributed by atoms with Crippen LogP contribution >= 0.6 is 0 Å². The number of anilines is 1. The summed E-state index contributed by atoms with van der Waals surface area (Å²) in [5.41, 5.74) is 4.24. The highest BCUT2D eigenvalue weighted by Crippen LogP contribution is 2.25. The van der Waals surface area contributed by atoms with E-state index in [0.29, 0.717) is 19.6 Å². The number of nitrogens with one attached hydrogen (secondary N) is 1. The summed E-state index contributed by atoms with van der Waals surface area (Å²) in [6.07, 6.45) is 0. The average molecular weight is 460 g/mol. The van der Waals surface area contributed by atoms with Crippen LogP contribution in [0.5, 0.6) is 11.5 Å². The number of carbonyl (C=O) groups excluding carboxylic acids is 2. The van der Waals surface area contributed by atoms with E-state index in [2.05, 4.69) is 34.5 Å². The van der Waals surface area contributed by atoms with Gasteiger partial charge in [0.05, 0.1) is 27.3 Å². The third-order valence-electron chi connectivity index (χ3n) is 5.79. The Labute approximate surface area is 199 Å². The van der Waals surface area contributed by atoms with Gasteiger partial charge >= 0.3 is 0 Å². The standard InChI is InChI=1S/C27H29N3O4/c1-33-24-10-4-7-21(13-24)16-29(17-22-8-5-11-25(14-22)34-2)23-9-3-6-20(12-23)18-30-19-26(31)28-15-27(30)32/h3-14H,15-19H2,1-2H3,(H,28,31). The fourth-order valence-corrected chi connectivity index (χ4v) is 4.04. The molecule has 7 heteroatoms. The topological polar surface area (TPSA) is 71.1 Å². The summed E-state index contributed by atoms with van der Waals surface area (Å²) in [6, 6.07) is 24.2. The van der Waals surface area contributed by atoms with Crippen molar-refractivity contribution in [1.82, 2.24) is 10.2 Å². The highest BCUT2D eigenvalue weighted by atomic mass is 16.5. The number of benzene rings is 3. The summed E-state index contributed by atoms with van der Waals surface area (Å²) >= 11 is 0. The minimum Gasteiger partial charge on any atom is -0.497 e. The quantitative estimate of drug-likeness (QED) is 0.531. The fourth-order valence-electron chi connectivity index (χ4n) is 4.04. The molecule has 1 heterocycles. The summed E-state index contributed by atoms with van der Waals surface area (Å²) < 4.78 is 10.8. The fraction of sp³-hybridized carbons (Fsp3) is 0.259. The minimum atomic E-state index is -0.131. The third-order valence-corrected chi connectivity index (χ3v) is 5.79. The second kappa shape index (κ2) is 10.7. The number of methoxy groups -OCH3 is 2. The van der Waals surface area contributed by atoms with Crippen LogP contribution in [0.25, 0.3) is 0 Å². The van der Waals surface area contributed by atoms with Gasteiger partial charge in [-0.3, -0.25) is 9.59 Å². The molecule has 1 N–H and O–H groups in total. The Hall–Kier alpha value is -4.00. The van der Waals surface area contributed by atoms with Crippen molar-refractivity contribution in [1.29, 1.82) is 0 Å². The first-order chi connectivity index (χ1) is 16.5. The Morgan fingerprint density at radius 1 is 0.824 bits per heavy atom. The molecule has 2 amide bonds. The monoisotopic (exact) mass is 459 g/mol. The predicted octanol–water partition coefficient (Wildman–Crippen LogP) is 3.37. The lowest BCUT2D eigenvalue weighted by molar-refractivity contribution is -0.141. The molecule has 0 saturated carbocycles. The zero-order valence-corrected chi connectivity index (χ0v) is 19.5. The molecule has 1 fully saturated rings. The molecule has 1 aliphatic heterocycles. The number of amides is 2. The Morgan fingerprint density at radius 2 is 1.41 bits per heavy atom. The first kappa shape index (κ1) is 23.2. The summed E-state index contributed by atoms with van der Waals surface area (Å²) in [7, 11) is 3.33. The maximum Gasteiger partial charge on any atom is 0.242 e. The first-order valence-electron chi connectivity index (χ1n) is 11.2. The summed E-state index contributed by atoms with van der Waals surface area (Å²) in [5, 5.41) is 2.59. The largest absolute Gasteiger partial charge is 0.497 e. The molecule has 0 unspecified atom stereocenters. The molecule has 0 aromatic heterocycles. The maximum atomic E-state index is 12.2. The van der Waals surface area contributed by atoms with E-state index in [1.54, 1.807) is 19.1 Å². The van der Waals surface area contributed by atoms with Gasteiger partial charge in [-0.05, 0) is 53.1 Å². The molecule has 0 atom stereocenters. The Kier molecular flexibility index (Phi) is 7.32. The Balaban J connectivity index is 1.61. The van der Waals surface area contributed by atoms with Gasteiger partial charge < -0.3 is 24.6 Å². The predicted molar refractivity (Wildman–Crippen MR) is 131 cm³/mol. The van der Waals surface area contributed by atoms with Crippen molar-refractivity contribution in [2.75, 3.05) is 32.2 Å². The number of hydrogen-bond acceptors (Lipinski definition) is 5. The van der Waals surface area contributed by atoms with Crippen molar-refractivity contribution >= 4 is 17.5 Å². The van der Waals surface area contributed by atoms with Crippen molar-refractivity contribution in [2.45, 2.75) is 19.6 Å². The number of piperazine rings is 1. The van der Waals surface area contributed by atoms with Gasteiger partial charge in [0.25, 0.3) is 0 Å². The van der Waals surface area contributed by atoms with Crippen molar-refractivity contribution < 1.29 is 19.1 Å². The van der Waals surface area contributed by atoms with Crippen LogP contribution in [0.15, 0.2) is 72.8 Å². The number of hydrogen-bond donors (Lipinski definition) is 1. The van der Waals surface area contributed by atoms with Gasteiger partial charge in [-0.15, -0.1) is 0 Å². The van der Waals surface area contributed by atoms with Crippen molar-refractivity contribution in [3.05, 3.63) is 89.5 Å². The van der Waals surface area contributed by atoms with Crippen LogP contribution in [0.3, 0.4) is 0 Å². The van der Waals surface area contributed by atoms with Crippen molar-refractivity contribution in [2.24, 2.45) is 0 Å². The molecule has 1 saturated heterocycles. The lowest BCUT2D eigenvalue weighted by Crippen LogP contribution is -2.51. The lowest BCUT2D eigenvalue weighted by Gasteiger charge is -2.28. The smallest absolute Gasteiger partial charge is 0.242 e. The summed E-state index contributed by atoms with van der Waals surface area (Å²) in [6.45, 7) is 1.87. The molecule has 1 aliphatic rings. The van der Waals surface area contributed by atoms with E-state index in [1.807, 2.05) is 48.5 Å². The van der Waals surface area contributed by atoms with E-state index in [-0.39, 0.29) is 24.9 Å². The molecule has 4 rings (SSSR count). The van der Waals surface area contributed by atoms with Crippen LogP contribution in [0.1, 0.15) is 16.7 Å². The van der Waals surface area contributed by atoms with Crippen molar-refractivity contribution in [3.63, 3.8) is 0 Å². The van der Waals surface area contributed by atoms with Gasteiger partial charge in [-0.1, -0.05) is 36.4 Å². The van der Waals surface area contributed by atoms with Crippen LogP contribution in [-0.4, -0.2) is 44.0 Å². The molecule has 3 aromatic rings. The van der Waals surface area contributed by atoms with Gasteiger partial charge in [0, 0.05) is 25.3 Å². The van der Waals surface area contributed by atoms with Gasteiger partial charge in [-0.2, -0.15) is 0 Å². The average Bonchev–Trinajstić information content (AvgIpc) is 2.86. The number of carbonyl (C=O) groups is 2. The van der Waals surface area contributed by atoms with E-state index in [9.17, 15) is 9.59 Å². The highest BCUT2D eigenvalue weighted by molar-refractivity contribution is 5.92. The van der Waals surface area contributed by atoms with E-state index in [1.165, 1.54) is 0 Å². The second-order valence-corrected chi connectivity index (χ2v) is 8.26. The summed E-state index contributed by atoms with van der Waals surface area (Å²) in [4.78, 5) is 27.9. The number of nitrogens with zero attached hydrogens (tertiary/aromatic N) is 2. The third kappa shape index (κ3) is 5.86. The SMILES string of the molecule is COc1cccc(CN(Cc2cccc(OC)c2)c2cccc(CN3CC(=O)NCC3=O)c2)c1. The molecule has 0 spiro atoms. The number of rotatable bonds is 9. The van der Waals surface area contributed by atoms with Gasteiger partial charge in [0.15, 0.2) is 0 Å². The summed E-state index contributed by atoms with van der Waals surface area (Å²) in [5.74, 6) is 1.42. The van der Waals surface area contributed by atoms with Gasteiger partial charge in [0.1, 0.15) is 11.5 Å². The molecule has 7 nitrogen and oxygen atoms in total. The molecule has 0 bridgehead atoms. The molecular formula is C27H29N3O4. The minimum absolute atomic E-state index is 0.0519. The van der Waals surface area contributed by atoms with E-state index in [0.717, 1.165) is 33.9 Å². The maximum absolute atomic E-state index is 12.2. The molecular weight excluding hydrogens is 430 g/mol. The molecule has 0 radical (unpaired) electrons. The first-order valence-corrected chi connectivity index (χ1v) is 11.2. The van der Waals surface area contributed by atoms with E-state index >= 15 is 0 Å². The highest BCUT2D eigenvalue weighted by Gasteiger charge is 2.23. The molecule has 34 heavy (non-hydrogen) atoms. The lowest BCUT2D eigenvalue weighted by atomic mass is 10.1. The van der Waals surface area contributed by atoms with Crippen LogP contribution in [0, 0.1) is 0 Å². The molecule has 0 aliphatic carbocycles. The second-order valence-electron chi connectivity index (χ2n) is 8.26. The van der Waals surface area contributed by atoms with E-state index < -0.39 is 0 Å². The zero-order valence-electron chi connectivity index (χ0n) is 19.5. The van der Waals surface area contributed by atoms with Gasteiger partial charge in [-0.25, -0.2) is 0 Å². The molecule has 176 valence electrons. The van der Waals surface area contributed by atoms with E-state index in [4.69, 9.17) is 9.47 Å². The van der Waals surface area contributed by atoms with Crippen LogP contribution < -0.4 is 19.7 Å². The zero-order chi connectivity index (χ0) is 23.9. The van der Waals surface area contributed by atoms with Crippen LogP contribution in [0.4, 0.5) is 5.69 Å². The normalized spacial score (nSPS) is 13.4. The van der Waals surface area contributed by atoms with Crippen LogP contribution in [-0.2, 0) is 29.2 Å². The number of ether oxygens (including phenoxy) is 2. The van der Waals surface area contributed by atoms with Gasteiger partial charge in [0.2, 0.25) is 11.8 Å². The van der Waals surface area contributed by atoms with Crippen molar-refractivity contribution in [3.8, 4) is 11.5 Å².